The molecule has 24 heavy (non-hydrogen) atoms. The molecular formula is C15H23F3IN3O2. The van der Waals surface area contributed by atoms with Crippen molar-refractivity contribution in [3.8, 4) is 11.5 Å². The summed E-state index contributed by atoms with van der Waals surface area (Å²) in [5.74, 6) is 0.794. The number of phenols is 1. The minimum absolute atomic E-state index is 0. The lowest BCUT2D eigenvalue weighted by molar-refractivity contribution is -0.132. The van der Waals surface area contributed by atoms with Crippen LogP contribution in [0.15, 0.2) is 23.2 Å². The average Bonchev–Trinajstić information content (AvgIpc) is 2.47. The standard InChI is InChI=1S/C15H22F3N3O2.HI/c1-3-19-14(21-9-7-15(16,17)18)20-8-6-11-4-5-12(22)13(10-11)23-2;/h4-5,10,22H,3,6-9H2,1-2H3,(H2,19,20,21);1H. The molecule has 0 fully saturated rings. The van der Waals surface area contributed by atoms with Gasteiger partial charge in [-0.05, 0) is 31.0 Å². The van der Waals surface area contributed by atoms with E-state index in [1.165, 1.54) is 13.2 Å². The van der Waals surface area contributed by atoms with Gasteiger partial charge in [-0.1, -0.05) is 6.07 Å². The Morgan fingerprint density at radius 3 is 2.58 bits per heavy atom. The molecule has 0 aliphatic rings. The first kappa shape index (κ1) is 22.6. The van der Waals surface area contributed by atoms with E-state index in [0.717, 1.165) is 5.56 Å². The van der Waals surface area contributed by atoms with E-state index in [0.29, 0.717) is 31.2 Å². The van der Waals surface area contributed by atoms with Crippen molar-refractivity contribution < 1.29 is 23.0 Å². The molecule has 1 aromatic carbocycles. The molecule has 0 aliphatic heterocycles. The summed E-state index contributed by atoms with van der Waals surface area (Å²) in [7, 11) is 1.47. The van der Waals surface area contributed by atoms with Gasteiger partial charge in [0.15, 0.2) is 17.5 Å². The molecule has 3 N–H and O–H groups in total. The van der Waals surface area contributed by atoms with Crippen LogP contribution in [0.25, 0.3) is 0 Å². The zero-order valence-corrected chi connectivity index (χ0v) is 15.9. The second-order valence-electron chi connectivity index (χ2n) is 4.81. The number of halogens is 4. The molecular weight excluding hydrogens is 438 g/mol. The Balaban J connectivity index is 0.00000529. The molecule has 1 rings (SSSR count). The molecule has 0 atom stereocenters. The summed E-state index contributed by atoms with van der Waals surface area (Å²) in [5, 5.41) is 15.4. The SMILES string of the molecule is CCNC(=NCCC(F)(F)F)NCCc1ccc(O)c(OC)c1.I. The minimum atomic E-state index is -4.20. The maximum atomic E-state index is 12.1. The first-order chi connectivity index (χ1) is 10.9. The van der Waals surface area contributed by atoms with E-state index in [-0.39, 0.29) is 36.3 Å². The largest absolute Gasteiger partial charge is 0.504 e. The van der Waals surface area contributed by atoms with Crippen LogP contribution in [-0.2, 0) is 6.42 Å². The van der Waals surface area contributed by atoms with E-state index in [1.54, 1.807) is 12.1 Å². The van der Waals surface area contributed by atoms with Crippen molar-refractivity contribution in [3.05, 3.63) is 23.8 Å². The van der Waals surface area contributed by atoms with Gasteiger partial charge in [0.25, 0.3) is 0 Å². The molecule has 1 aromatic rings. The third kappa shape index (κ3) is 9.04. The van der Waals surface area contributed by atoms with Crippen LogP contribution < -0.4 is 15.4 Å². The Hall–Kier alpha value is -1.39. The number of nitrogens with one attached hydrogen (secondary N) is 2. The number of hydrogen-bond donors (Lipinski definition) is 3. The van der Waals surface area contributed by atoms with Gasteiger partial charge >= 0.3 is 6.18 Å². The Labute approximate surface area is 156 Å². The number of aliphatic imine (C=N–C) groups is 1. The molecule has 9 heteroatoms. The van der Waals surface area contributed by atoms with Gasteiger partial charge in [0.05, 0.1) is 20.1 Å². The van der Waals surface area contributed by atoms with E-state index in [1.807, 2.05) is 6.92 Å². The number of alkyl halides is 3. The highest BCUT2D eigenvalue weighted by atomic mass is 127. The van der Waals surface area contributed by atoms with Crippen LogP contribution in [-0.4, -0.2) is 44.0 Å². The predicted octanol–water partition coefficient (Wildman–Crippen LogP) is 3.07. The molecule has 0 spiro atoms. The molecule has 0 amide bonds. The third-order valence-electron chi connectivity index (χ3n) is 2.96. The van der Waals surface area contributed by atoms with Crippen molar-refractivity contribution in [1.29, 1.82) is 0 Å². The summed E-state index contributed by atoms with van der Waals surface area (Å²) in [6.45, 7) is 2.58. The van der Waals surface area contributed by atoms with E-state index >= 15 is 0 Å². The second kappa shape index (κ2) is 11.2. The summed E-state index contributed by atoms with van der Waals surface area (Å²) >= 11 is 0. The summed E-state index contributed by atoms with van der Waals surface area (Å²) in [6.07, 6.45) is -4.54. The molecule has 0 aliphatic carbocycles. The molecule has 0 saturated heterocycles. The van der Waals surface area contributed by atoms with Crippen LogP contribution in [0.3, 0.4) is 0 Å². The van der Waals surface area contributed by atoms with Gasteiger partial charge in [-0.2, -0.15) is 13.2 Å². The van der Waals surface area contributed by atoms with Gasteiger partial charge in [-0.25, -0.2) is 0 Å². The first-order valence-electron chi connectivity index (χ1n) is 7.30. The summed E-state index contributed by atoms with van der Waals surface area (Å²) < 4.78 is 41.4. The molecule has 0 saturated carbocycles. The fourth-order valence-electron chi connectivity index (χ4n) is 1.84. The van der Waals surface area contributed by atoms with Gasteiger partial charge in [0, 0.05) is 13.1 Å². The molecule has 0 heterocycles. The van der Waals surface area contributed by atoms with Gasteiger partial charge in [0.1, 0.15) is 0 Å². The zero-order valence-electron chi connectivity index (χ0n) is 13.6. The van der Waals surface area contributed by atoms with E-state index < -0.39 is 12.6 Å². The van der Waals surface area contributed by atoms with Crippen LogP contribution in [0.4, 0.5) is 13.2 Å². The highest BCUT2D eigenvalue weighted by Gasteiger charge is 2.26. The molecule has 0 aromatic heterocycles. The minimum Gasteiger partial charge on any atom is -0.504 e. The van der Waals surface area contributed by atoms with Crippen molar-refractivity contribution in [3.63, 3.8) is 0 Å². The number of hydrogen-bond acceptors (Lipinski definition) is 3. The molecule has 5 nitrogen and oxygen atoms in total. The topological polar surface area (TPSA) is 65.9 Å². The summed E-state index contributed by atoms with van der Waals surface area (Å²) in [4.78, 5) is 3.89. The lowest BCUT2D eigenvalue weighted by Crippen LogP contribution is -2.38. The van der Waals surface area contributed by atoms with E-state index in [4.69, 9.17) is 4.74 Å². The summed E-state index contributed by atoms with van der Waals surface area (Å²) in [5.41, 5.74) is 0.929. The smallest absolute Gasteiger partial charge is 0.390 e. The highest BCUT2D eigenvalue weighted by Crippen LogP contribution is 2.26. The number of aromatic hydroxyl groups is 1. The van der Waals surface area contributed by atoms with Gasteiger partial charge < -0.3 is 20.5 Å². The number of phenolic OH excluding ortho intramolecular Hbond substituents is 1. The maximum absolute atomic E-state index is 12.1. The van der Waals surface area contributed by atoms with Crippen molar-refractivity contribution in [1.82, 2.24) is 10.6 Å². The van der Waals surface area contributed by atoms with Crippen LogP contribution >= 0.6 is 24.0 Å². The van der Waals surface area contributed by atoms with Crippen LogP contribution in [0.5, 0.6) is 11.5 Å². The maximum Gasteiger partial charge on any atom is 0.390 e. The number of benzene rings is 1. The molecule has 0 radical (unpaired) electrons. The van der Waals surface area contributed by atoms with Crippen molar-refractivity contribution in [2.24, 2.45) is 4.99 Å². The quantitative estimate of drug-likeness (QED) is 0.332. The molecule has 0 bridgehead atoms. The van der Waals surface area contributed by atoms with Gasteiger partial charge in [-0.3, -0.25) is 4.99 Å². The monoisotopic (exact) mass is 461 g/mol. The number of methoxy groups -OCH3 is 1. The Kier molecular flexibility index (Phi) is 10.6. The highest BCUT2D eigenvalue weighted by molar-refractivity contribution is 14.0. The zero-order chi connectivity index (χ0) is 17.3. The lowest BCUT2D eigenvalue weighted by Gasteiger charge is -2.12. The fourth-order valence-corrected chi connectivity index (χ4v) is 1.84. The normalized spacial score (nSPS) is 11.6. The lowest BCUT2D eigenvalue weighted by atomic mass is 10.1. The number of rotatable bonds is 7. The fraction of sp³-hybridized carbons (Fsp3) is 0.533. The van der Waals surface area contributed by atoms with Crippen LogP contribution in [0.2, 0.25) is 0 Å². The van der Waals surface area contributed by atoms with Crippen molar-refractivity contribution in [2.45, 2.75) is 25.9 Å². The Bertz CT molecular complexity index is 525. The number of ether oxygens (including phenoxy) is 1. The third-order valence-corrected chi connectivity index (χ3v) is 2.96. The molecule has 0 unspecified atom stereocenters. The van der Waals surface area contributed by atoms with E-state index in [9.17, 15) is 18.3 Å². The number of guanidine groups is 1. The Morgan fingerprint density at radius 1 is 1.29 bits per heavy atom. The van der Waals surface area contributed by atoms with Crippen molar-refractivity contribution in [2.75, 3.05) is 26.7 Å². The van der Waals surface area contributed by atoms with Crippen molar-refractivity contribution >= 4 is 29.9 Å². The Morgan fingerprint density at radius 2 is 2.00 bits per heavy atom. The van der Waals surface area contributed by atoms with Gasteiger partial charge in [0.2, 0.25) is 0 Å². The van der Waals surface area contributed by atoms with Crippen LogP contribution in [0.1, 0.15) is 18.9 Å². The van der Waals surface area contributed by atoms with Crippen LogP contribution in [0, 0.1) is 0 Å². The van der Waals surface area contributed by atoms with Gasteiger partial charge in [-0.15, -0.1) is 24.0 Å². The second-order valence-corrected chi connectivity index (χ2v) is 4.81. The van der Waals surface area contributed by atoms with E-state index in [2.05, 4.69) is 15.6 Å². The average molecular weight is 461 g/mol. The predicted molar refractivity (Wildman–Crippen MR) is 98.4 cm³/mol. The number of nitrogens with zero attached hydrogens (tertiary/aromatic N) is 1. The molecule has 138 valence electrons. The summed E-state index contributed by atoms with van der Waals surface area (Å²) in [6, 6.07) is 5.01. The first-order valence-corrected chi connectivity index (χ1v) is 7.30.